The van der Waals surface area contributed by atoms with Crippen LogP contribution in [0.3, 0.4) is 0 Å². The van der Waals surface area contributed by atoms with E-state index in [2.05, 4.69) is 0 Å². The lowest BCUT2D eigenvalue weighted by Gasteiger charge is -2.17. The first-order chi connectivity index (χ1) is 9.22. The van der Waals surface area contributed by atoms with Crippen molar-refractivity contribution in [2.24, 2.45) is 12.5 Å². The Kier molecular flexibility index (Phi) is 3.25. The van der Waals surface area contributed by atoms with Crippen molar-refractivity contribution >= 4 is 22.9 Å². The van der Waals surface area contributed by atoms with Crippen molar-refractivity contribution in [3.63, 3.8) is 0 Å². The first kappa shape index (κ1) is 14.0. The van der Waals surface area contributed by atoms with Gasteiger partial charge in [0.25, 0.3) is 0 Å². The molecule has 2 aromatic rings. The van der Waals surface area contributed by atoms with Crippen molar-refractivity contribution in [1.82, 2.24) is 4.57 Å². The van der Waals surface area contributed by atoms with Crippen molar-refractivity contribution in [3.05, 3.63) is 34.3 Å². The van der Waals surface area contributed by atoms with Crippen LogP contribution in [-0.2, 0) is 11.8 Å². The van der Waals surface area contributed by atoms with Crippen molar-refractivity contribution in [2.45, 2.75) is 20.3 Å². The third-order valence-electron chi connectivity index (χ3n) is 3.30. The lowest BCUT2D eigenvalue weighted by molar-refractivity contribution is -0.146. The second kappa shape index (κ2) is 4.63. The summed E-state index contributed by atoms with van der Waals surface area (Å²) < 4.78 is 6.34. The van der Waals surface area contributed by atoms with E-state index in [1.165, 1.54) is 24.5 Å². The zero-order chi connectivity index (χ0) is 15.1. The molecule has 1 N–H and O–H groups in total. The molecule has 0 aliphatic rings. The van der Waals surface area contributed by atoms with E-state index in [0.717, 1.165) is 0 Å². The maximum Gasteiger partial charge on any atom is 0.419 e. The van der Waals surface area contributed by atoms with E-state index < -0.39 is 17.1 Å². The molecule has 0 bridgehead atoms. The summed E-state index contributed by atoms with van der Waals surface area (Å²) in [7, 11) is 1.57. The molecule has 0 saturated heterocycles. The standard InChI is InChI=1S/C14H15NO5/c1-14(2,12(17)18)7-10(16)8-4-5-9-11(6-8)20-13(19)15(9)3/h4-6H,7H2,1-3H3,(H,17,18). The number of carbonyl (C=O) groups excluding carboxylic acids is 1. The number of carboxylic acids is 1. The number of fused-ring (bicyclic) bond motifs is 1. The number of Topliss-reactive ketones (excluding diaryl/α,β-unsaturated/α-hetero) is 1. The average molecular weight is 277 g/mol. The molecule has 0 saturated carbocycles. The highest BCUT2D eigenvalue weighted by Gasteiger charge is 2.30. The fraction of sp³-hybridized carbons (Fsp3) is 0.357. The van der Waals surface area contributed by atoms with Crippen molar-refractivity contribution < 1.29 is 19.1 Å². The SMILES string of the molecule is Cn1c(=O)oc2cc(C(=O)CC(C)(C)C(=O)O)ccc21. The molecule has 0 fully saturated rings. The van der Waals surface area contributed by atoms with Gasteiger partial charge < -0.3 is 9.52 Å². The topological polar surface area (TPSA) is 89.5 Å². The third kappa shape index (κ3) is 2.36. The summed E-state index contributed by atoms with van der Waals surface area (Å²) in [5.74, 6) is -1.83. The predicted molar refractivity (Wildman–Crippen MR) is 71.8 cm³/mol. The molecule has 0 amide bonds. The Morgan fingerprint density at radius 1 is 1.35 bits per heavy atom. The average Bonchev–Trinajstić information content (AvgIpc) is 2.64. The predicted octanol–water partition coefficient (Wildman–Crippen LogP) is 1.82. The summed E-state index contributed by atoms with van der Waals surface area (Å²) >= 11 is 0. The zero-order valence-corrected chi connectivity index (χ0v) is 11.5. The van der Waals surface area contributed by atoms with Gasteiger partial charge in [-0.3, -0.25) is 14.2 Å². The van der Waals surface area contributed by atoms with Crippen molar-refractivity contribution in [3.8, 4) is 0 Å². The van der Waals surface area contributed by atoms with Crippen LogP contribution < -0.4 is 5.76 Å². The van der Waals surface area contributed by atoms with Crippen LogP contribution in [-0.4, -0.2) is 21.4 Å². The van der Waals surface area contributed by atoms with E-state index in [-0.39, 0.29) is 12.2 Å². The highest BCUT2D eigenvalue weighted by atomic mass is 16.4. The number of benzene rings is 1. The minimum Gasteiger partial charge on any atom is -0.481 e. The highest BCUT2D eigenvalue weighted by molar-refractivity contribution is 6.00. The van der Waals surface area contributed by atoms with Crippen molar-refractivity contribution in [2.75, 3.05) is 0 Å². The second-order valence-electron chi connectivity index (χ2n) is 5.40. The van der Waals surface area contributed by atoms with Crippen LogP contribution in [0.4, 0.5) is 0 Å². The van der Waals surface area contributed by atoms with Gasteiger partial charge in [-0.25, -0.2) is 4.79 Å². The minimum atomic E-state index is -1.14. The molecule has 0 radical (unpaired) electrons. The van der Waals surface area contributed by atoms with Crippen molar-refractivity contribution in [1.29, 1.82) is 0 Å². The zero-order valence-electron chi connectivity index (χ0n) is 11.5. The number of carbonyl (C=O) groups is 2. The lowest BCUT2D eigenvalue weighted by Crippen LogP contribution is -2.26. The summed E-state index contributed by atoms with van der Waals surface area (Å²) in [4.78, 5) is 34.5. The van der Waals surface area contributed by atoms with Crippen LogP contribution in [0.1, 0.15) is 30.6 Å². The molecule has 0 unspecified atom stereocenters. The first-order valence-electron chi connectivity index (χ1n) is 6.08. The molecule has 0 aliphatic heterocycles. The van der Waals surface area contributed by atoms with E-state index in [0.29, 0.717) is 16.7 Å². The number of hydrogen-bond donors (Lipinski definition) is 1. The first-order valence-corrected chi connectivity index (χ1v) is 6.08. The minimum absolute atomic E-state index is 0.120. The quantitative estimate of drug-likeness (QED) is 0.861. The number of hydrogen-bond acceptors (Lipinski definition) is 4. The Bertz CT molecular complexity index is 751. The fourth-order valence-electron chi connectivity index (χ4n) is 1.89. The van der Waals surface area contributed by atoms with Gasteiger partial charge in [0.2, 0.25) is 0 Å². The number of ketones is 1. The molecule has 0 atom stereocenters. The molecule has 6 nitrogen and oxygen atoms in total. The number of carboxylic acid groups (broad SMARTS) is 1. The molecule has 1 heterocycles. The number of aryl methyl sites for hydroxylation is 1. The molecule has 1 aromatic heterocycles. The van der Waals surface area contributed by atoms with Gasteiger partial charge in [-0.15, -0.1) is 0 Å². The van der Waals surface area contributed by atoms with E-state index >= 15 is 0 Å². The Balaban J connectivity index is 2.36. The van der Waals surface area contributed by atoms with E-state index in [4.69, 9.17) is 9.52 Å². The molecular weight excluding hydrogens is 262 g/mol. The number of aliphatic carboxylic acids is 1. The number of rotatable bonds is 4. The van der Waals surface area contributed by atoms with Gasteiger partial charge in [-0.1, -0.05) is 0 Å². The molecule has 1 aromatic carbocycles. The summed E-state index contributed by atoms with van der Waals surface area (Å²) in [5.41, 5.74) is 0.102. The van der Waals surface area contributed by atoms with Gasteiger partial charge in [0, 0.05) is 19.0 Å². The van der Waals surface area contributed by atoms with Crippen LogP contribution in [0, 0.1) is 5.41 Å². The molecular formula is C14H15NO5. The van der Waals surface area contributed by atoms with Gasteiger partial charge >= 0.3 is 11.7 Å². The Morgan fingerprint density at radius 3 is 2.60 bits per heavy atom. The number of oxazole rings is 1. The summed E-state index contributed by atoms with van der Waals surface area (Å²) in [5, 5.41) is 9.03. The maximum atomic E-state index is 12.1. The summed E-state index contributed by atoms with van der Waals surface area (Å²) in [6.07, 6.45) is -0.120. The Morgan fingerprint density at radius 2 is 2.00 bits per heavy atom. The van der Waals surface area contributed by atoms with Crippen LogP contribution >= 0.6 is 0 Å². The third-order valence-corrected chi connectivity index (χ3v) is 3.30. The van der Waals surface area contributed by atoms with Gasteiger partial charge in [-0.2, -0.15) is 0 Å². The van der Waals surface area contributed by atoms with Gasteiger partial charge in [0.1, 0.15) is 0 Å². The molecule has 2 rings (SSSR count). The van der Waals surface area contributed by atoms with Crippen LogP contribution in [0.5, 0.6) is 0 Å². The Labute approximate surface area is 114 Å². The monoisotopic (exact) mass is 277 g/mol. The van der Waals surface area contributed by atoms with Crippen LogP contribution in [0.2, 0.25) is 0 Å². The Hall–Kier alpha value is -2.37. The summed E-state index contributed by atoms with van der Waals surface area (Å²) in [6, 6.07) is 4.65. The van der Waals surface area contributed by atoms with Crippen LogP contribution in [0.15, 0.2) is 27.4 Å². The largest absolute Gasteiger partial charge is 0.481 e. The number of nitrogens with zero attached hydrogens (tertiary/aromatic N) is 1. The summed E-state index contributed by atoms with van der Waals surface area (Å²) in [6.45, 7) is 2.99. The lowest BCUT2D eigenvalue weighted by atomic mass is 9.86. The van der Waals surface area contributed by atoms with E-state index in [1.807, 2.05) is 0 Å². The normalized spacial score (nSPS) is 11.8. The molecule has 0 spiro atoms. The fourth-order valence-corrected chi connectivity index (χ4v) is 1.89. The van der Waals surface area contributed by atoms with Gasteiger partial charge in [0.15, 0.2) is 11.4 Å². The van der Waals surface area contributed by atoms with E-state index in [1.54, 1.807) is 19.2 Å². The van der Waals surface area contributed by atoms with Gasteiger partial charge in [-0.05, 0) is 32.0 Å². The molecule has 6 heteroatoms. The highest BCUT2D eigenvalue weighted by Crippen LogP contribution is 2.24. The maximum absolute atomic E-state index is 12.1. The molecule has 20 heavy (non-hydrogen) atoms. The second-order valence-corrected chi connectivity index (χ2v) is 5.40. The number of aromatic nitrogens is 1. The smallest absolute Gasteiger partial charge is 0.419 e. The van der Waals surface area contributed by atoms with Gasteiger partial charge in [0.05, 0.1) is 10.9 Å². The molecule has 106 valence electrons. The van der Waals surface area contributed by atoms with E-state index in [9.17, 15) is 14.4 Å². The molecule has 0 aliphatic carbocycles. The van der Waals surface area contributed by atoms with Crippen LogP contribution in [0.25, 0.3) is 11.1 Å².